The van der Waals surface area contributed by atoms with Gasteiger partial charge in [0.1, 0.15) is 17.7 Å². The third kappa shape index (κ3) is 6.09. The lowest BCUT2D eigenvalue weighted by Gasteiger charge is -2.16. The molecule has 2 aromatic rings. The molecule has 0 fully saturated rings. The second kappa shape index (κ2) is 9.12. The zero-order valence-corrected chi connectivity index (χ0v) is 16.5. The van der Waals surface area contributed by atoms with Gasteiger partial charge in [-0.3, -0.25) is 4.55 Å². The highest BCUT2D eigenvalue weighted by molar-refractivity contribution is 7.85. The van der Waals surface area contributed by atoms with E-state index in [2.05, 4.69) is 6.07 Å². The van der Waals surface area contributed by atoms with Crippen molar-refractivity contribution in [2.24, 2.45) is 0 Å². The molecule has 0 bridgehead atoms. The molecule has 2 rings (SSSR count). The number of likely N-dealkylation sites (N-methyl/N-ethyl adjacent to an activating group) is 1. The second-order valence-corrected chi connectivity index (χ2v) is 9.17. The summed E-state index contributed by atoms with van der Waals surface area (Å²) in [5.74, 6) is -0.292. The summed E-state index contributed by atoms with van der Waals surface area (Å²) < 4.78 is 37.4. The van der Waals surface area contributed by atoms with E-state index in [9.17, 15) is 8.42 Å². The molecule has 0 saturated heterocycles. The van der Waals surface area contributed by atoms with Crippen LogP contribution in [-0.4, -0.2) is 45.5 Å². The monoisotopic (exact) mass is 411 g/mol. The number of nitrogens with zero attached hydrogens (tertiary/aromatic N) is 3. The normalized spacial score (nSPS) is 11.1. The van der Waals surface area contributed by atoms with Crippen LogP contribution in [0.5, 0.6) is 0 Å². The van der Waals surface area contributed by atoms with Crippen molar-refractivity contribution in [3.63, 3.8) is 0 Å². The van der Waals surface area contributed by atoms with Crippen LogP contribution in [0.1, 0.15) is 11.3 Å². The lowest BCUT2D eigenvalue weighted by Crippen LogP contribution is -2.22. The molecule has 0 amide bonds. The van der Waals surface area contributed by atoms with Crippen LogP contribution in [0.25, 0.3) is 15.5 Å². The van der Waals surface area contributed by atoms with Gasteiger partial charge in [-0.15, -0.1) is 22.7 Å². The zero-order valence-electron chi connectivity index (χ0n) is 14.0. The minimum absolute atomic E-state index is 0.0855. The fourth-order valence-corrected chi connectivity index (χ4v) is 4.90. The first kappa shape index (κ1) is 20.4. The summed E-state index contributed by atoms with van der Waals surface area (Å²) in [7, 11) is -1.98. The predicted molar refractivity (Wildman–Crippen MR) is 104 cm³/mol. The van der Waals surface area contributed by atoms with Gasteiger partial charge >= 0.3 is 0 Å². The van der Waals surface area contributed by atoms with Gasteiger partial charge in [0.2, 0.25) is 0 Å². The van der Waals surface area contributed by atoms with Gasteiger partial charge in [-0.25, -0.2) is 0 Å². The van der Waals surface area contributed by atoms with E-state index < -0.39 is 10.1 Å². The average molecular weight is 412 g/mol. The van der Waals surface area contributed by atoms with Gasteiger partial charge in [-0.2, -0.15) is 18.9 Å². The molecule has 0 aliphatic heterocycles. The number of allylic oxidation sites excluding steroid dienone is 1. The second-order valence-electron chi connectivity index (χ2n) is 5.42. The number of rotatable bonds is 9. The first-order valence-corrected chi connectivity index (χ1v) is 10.9. The summed E-state index contributed by atoms with van der Waals surface area (Å²) in [4.78, 5) is 2.92. The quantitative estimate of drug-likeness (QED) is 0.383. The first-order chi connectivity index (χ1) is 12.3. The zero-order chi connectivity index (χ0) is 19.2. The molecule has 138 valence electrons. The van der Waals surface area contributed by atoms with E-state index in [1.807, 2.05) is 30.2 Å². The Balaban J connectivity index is 1.86. The number of anilines is 1. The third-order valence-electron chi connectivity index (χ3n) is 3.38. The van der Waals surface area contributed by atoms with Crippen LogP contribution in [0.15, 0.2) is 17.7 Å². The summed E-state index contributed by atoms with van der Waals surface area (Å²) in [5.41, 5.74) is 0.0855. The van der Waals surface area contributed by atoms with Crippen molar-refractivity contribution < 1.29 is 17.7 Å². The smallest absolute Gasteiger partial charge is 0.264 e. The van der Waals surface area contributed by atoms with E-state index in [1.54, 1.807) is 17.4 Å². The molecule has 0 atom stereocenters. The summed E-state index contributed by atoms with van der Waals surface area (Å²) in [6.45, 7) is 1.39. The fourth-order valence-electron chi connectivity index (χ4n) is 2.09. The van der Waals surface area contributed by atoms with E-state index in [1.165, 1.54) is 11.3 Å². The van der Waals surface area contributed by atoms with E-state index in [4.69, 9.17) is 19.8 Å². The van der Waals surface area contributed by atoms with Crippen molar-refractivity contribution in [2.45, 2.75) is 6.42 Å². The number of fused-ring (bicyclic) bond motifs is 1. The van der Waals surface area contributed by atoms with Crippen LogP contribution in [0.3, 0.4) is 0 Å². The lowest BCUT2D eigenvalue weighted by molar-refractivity contribution is 0.141. The summed E-state index contributed by atoms with van der Waals surface area (Å²) in [5, 5.41) is 18.7. The van der Waals surface area contributed by atoms with Gasteiger partial charge in [-0.1, -0.05) is 0 Å². The SMILES string of the molecule is CN(CCOCCCS(=O)(=O)O)c1cc2sc(C=C(C#N)C#N)cc2s1. The molecule has 10 heteroatoms. The molecule has 2 heterocycles. The van der Waals surface area contributed by atoms with Crippen molar-refractivity contribution >= 4 is 53.3 Å². The fraction of sp³-hybridized carbons (Fsp3) is 0.375. The summed E-state index contributed by atoms with van der Waals surface area (Å²) in [6, 6.07) is 7.72. The molecule has 0 aromatic carbocycles. The van der Waals surface area contributed by atoms with E-state index in [0.29, 0.717) is 13.2 Å². The number of hydrogen-bond donors (Lipinski definition) is 1. The van der Waals surface area contributed by atoms with Gasteiger partial charge in [0.15, 0.2) is 0 Å². The number of thiophene rings is 2. The van der Waals surface area contributed by atoms with Crippen LogP contribution in [0, 0.1) is 22.7 Å². The molecule has 0 spiro atoms. The largest absolute Gasteiger partial charge is 0.380 e. The van der Waals surface area contributed by atoms with Crippen LogP contribution < -0.4 is 4.90 Å². The Labute approximate surface area is 160 Å². The van der Waals surface area contributed by atoms with Crippen molar-refractivity contribution in [3.8, 4) is 12.1 Å². The molecule has 2 aromatic heterocycles. The minimum atomic E-state index is -3.92. The van der Waals surface area contributed by atoms with E-state index in [0.717, 1.165) is 19.3 Å². The third-order valence-corrected chi connectivity index (χ3v) is 6.54. The van der Waals surface area contributed by atoms with Crippen LogP contribution in [-0.2, 0) is 14.9 Å². The van der Waals surface area contributed by atoms with Crippen LogP contribution in [0.4, 0.5) is 5.00 Å². The molecule has 0 aliphatic carbocycles. The van der Waals surface area contributed by atoms with Gasteiger partial charge in [-0.05, 0) is 24.6 Å². The number of hydrogen-bond acceptors (Lipinski definition) is 8. The summed E-state index contributed by atoms with van der Waals surface area (Å²) >= 11 is 3.14. The van der Waals surface area contributed by atoms with Crippen LogP contribution >= 0.6 is 22.7 Å². The molecule has 0 saturated carbocycles. The average Bonchev–Trinajstić information content (AvgIpc) is 3.13. The van der Waals surface area contributed by atoms with Gasteiger partial charge in [0.05, 0.1) is 17.4 Å². The highest BCUT2D eigenvalue weighted by atomic mass is 32.2. The van der Waals surface area contributed by atoms with Gasteiger partial charge in [0, 0.05) is 34.5 Å². The maximum absolute atomic E-state index is 10.6. The van der Waals surface area contributed by atoms with Crippen molar-refractivity contribution in [3.05, 3.63) is 22.6 Å². The molecule has 1 N–H and O–H groups in total. The predicted octanol–water partition coefficient (Wildman–Crippen LogP) is 3.12. The van der Waals surface area contributed by atoms with Crippen LogP contribution in [0.2, 0.25) is 0 Å². The summed E-state index contributed by atoms with van der Waals surface area (Å²) in [6.07, 6.45) is 1.85. The molecule has 0 aliphatic rings. The number of ether oxygens (including phenoxy) is 1. The van der Waals surface area contributed by atoms with Crippen molar-refractivity contribution in [2.75, 3.05) is 37.5 Å². The Morgan fingerprint density at radius 3 is 2.58 bits per heavy atom. The lowest BCUT2D eigenvalue weighted by atomic mass is 10.3. The Morgan fingerprint density at radius 2 is 1.96 bits per heavy atom. The van der Waals surface area contributed by atoms with E-state index >= 15 is 0 Å². The molecule has 0 unspecified atom stereocenters. The van der Waals surface area contributed by atoms with E-state index in [-0.39, 0.29) is 24.4 Å². The maximum Gasteiger partial charge on any atom is 0.264 e. The molecule has 7 nitrogen and oxygen atoms in total. The van der Waals surface area contributed by atoms with Gasteiger partial charge < -0.3 is 9.64 Å². The minimum Gasteiger partial charge on any atom is -0.380 e. The number of nitriles is 2. The highest BCUT2D eigenvalue weighted by Crippen LogP contribution is 2.38. The molecule has 0 radical (unpaired) electrons. The maximum atomic E-state index is 10.6. The topological polar surface area (TPSA) is 114 Å². The standard InChI is InChI=1S/C16H17N3O4S3/c1-19(3-5-23-4-2-6-26(20,21)22)16-9-15-14(25-16)8-13(24-15)7-12(10-17)11-18/h7-9H,2-6H2,1H3,(H,20,21,22). The molecular weight excluding hydrogens is 394 g/mol. The highest BCUT2D eigenvalue weighted by Gasteiger charge is 2.10. The Kier molecular flexibility index (Phi) is 7.14. The first-order valence-electron chi connectivity index (χ1n) is 7.61. The van der Waals surface area contributed by atoms with Crippen molar-refractivity contribution in [1.82, 2.24) is 0 Å². The van der Waals surface area contributed by atoms with Gasteiger partial charge in [0.25, 0.3) is 10.1 Å². The molecular formula is C16H17N3O4S3. The Bertz CT molecular complexity index is 929. The Morgan fingerprint density at radius 1 is 1.27 bits per heavy atom. The Hall–Kier alpha value is -1.95. The molecule has 26 heavy (non-hydrogen) atoms. The van der Waals surface area contributed by atoms with Crippen molar-refractivity contribution in [1.29, 1.82) is 10.5 Å².